The molecular weight excluding hydrogens is 326 g/mol. The van der Waals surface area contributed by atoms with Gasteiger partial charge in [-0.05, 0) is 31.9 Å². The summed E-state index contributed by atoms with van der Waals surface area (Å²) < 4.78 is 6.46. The van der Waals surface area contributed by atoms with Crippen molar-refractivity contribution in [2.45, 2.75) is 39.7 Å². The van der Waals surface area contributed by atoms with Gasteiger partial charge in [0.1, 0.15) is 11.9 Å². The molecule has 0 radical (unpaired) electrons. The van der Waals surface area contributed by atoms with E-state index in [0.29, 0.717) is 22.9 Å². The van der Waals surface area contributed by atoms with E-state index in [2.05, 4.69) is 15.9 Å². The third-order valence-corrected chi connectivity index (χ3v) is 4.59. The van der Waals surface area contributed by atoms with Gasteiger partial charge in [-0.2, -0.15) is 0 Å². The van der Waals surface area contributed by atoms with E-state index in [-0.39, 0.29) is 23.3 Å². The monoisotopic (exact) mass is 341 g/mol. The van der Waals surface area contributed by atoms with Crippen molar-refractivity contribution in [1.82, 2.24) is 0 Å². The molecule has 0 bridgehead atoms. The van der Waals surface area contributed by atoms with Crippen LogP contribution in [0.2, 0.25) is 0 Å². The molecule has 0 saturated heterocycles. The highest BCUT2D eigenvalue weighted by Crippen LogP contribution is 2.45. The van der Waals surface area contributed by atoms with Crippen molar-refractivity contribution in [3.63, 3.8) is 0 Å². The van der Waals surface area contributed by atoms with E-state index in [1.165, 1.54) is 6.07 Å². The van der Waals surface area contributed by atoms with Gasteiger partial charge in [0.05, 0.1) is 10.3 Å². The molecule has 0 amide bonds. The SMILES string of the molecule is CCC1(C)C(=O)CC1Oc1c(C)cc(Br)cc1[N+](=O)[O-]. The highest BCUT2D eigenvalue weighted by Gasteiger charge is 2.52. The average Bonchev–Trinajstić information content (AvgIpc) is 2.38. The zero-order chi connectivity index (χ0) is 15.1. The van der Waals surface area contributed by atoms with Gasteiger partial charge in [0.25, 0.3) is 0 Å². The molecular formula is C14H16BrNO4. The number of nitro benzene ring substituents is 1. The minimum atomic E-state index is -0.534. The third kappa shape index (κ3) is 2.32. The van der Waals surface area contributed by atoms with Gasteiger partial charge >= 0.3 is 5.69 Å². The minimum absolute atomic E-state index is 0.0744. The van der Waals surface area contributed by atoms with Crippen LogP contribution >= 0.6 is 15.9 Å². The third-order valence-electron chi connectivity index (χ3n) is 4.13. The number of carbonyl (C=O) groups excluding carboxylic acids is 1. The maximum atomic E-state index is 11.7. The van der Waals surface area contributed by atoms with Crippen LogP contribution in [-0.4, -0.2) is 16.8 Å². The first-order valence-electron chi connectivity index (χ1n) is 6.44. The van der Waals surface area contributed by atoms with Crippen molar-refractivity contribution in [2.24, 2.45) is 5.41 Å². The Hall–Kier alpha value is -1.43. The first-order chi connectivity index (χ1) is 9.29. The fourth-order valence-corrected chi connectivity index (χ4v) is 2.98. The lowest BCUT2D eigenvalue weighted by Gasteiger charge is -2.44. The van der Waals surface area contributed by atoms with Crippen LogP contribution in [0.5, 0.6) is 5.75 Å². The van der Waals surface area contributed by atoms with Gasteiger partial charge in [-0.3, -0.25) is 14.9 Å². The van der Waals surface area contributed by atoms with Crippen molar-refractivity contribution in [3.8, 4) is 5.75 Å². The van der Waals surface area contributed by atoms with Gasteiger partial charge in [0, 0.05) is 17.0 Å². The molecule has 1 saturated carbocycles. The largest absolute Gasteiger partial charge is 0.482 e. The van der Waals surface area contributed by atoms with Crippen LogP contribution < -0.4 is 4.74 Å². The number of benzene rings is 1. The second-order valence-electron chi connectivity index (χ2n) is 5.33. The predicted molar refractivity (Wildman–Crippen MR) is 78.0 cm³/mol. The van der Waals surface area contributed by atoms with Gasteiger partial charge in [-0.1, -0.05) is 22.9 Å². The summed E-state index contributed by atoms with van der Waals surface area (Å²) in [5.74, 6) is 0.415. The first-order valence-corrected chi connectivity index (χ1v) is 7.23. The van der Waals surface area contributed by atoms with Crippen molar-refractivity contribution in [1.29, 1.82) is 0 Å². The van der Waals surface area contributed by atoms with E-state index >= 15 is 0 Å². The van der Waals surface area contributed by atoms with Crippen LogP contribution in [0, 0.1) is 22.5 Å². The quantitative estimate of drug-likeness (QED) is 0.616. The maximum absolute atomic E-state index is 11.7. The highest BCUT2D eigenvalue weighted by atomic mass is 79.9. The molecule has 1 aromatic rings. The number of ketones is 1. The van der Waals surface area contributed by atoms with Gasteiger partial charge in [0.2, 0.25) is 0 Å². The number of nitro groups is 1. The molecule has 1 aromatic carbocycles. The Kier molecular flexibility index (Phi) is 3.86. The second kappa shape index (κ2) is 5.16. The number of carbonyl (C=O) groups is 1. The van der Waals surface area contributed by atoms with Gasteiger partial charge in [-0.25, -0.2) is 0 Å². The number of rotatable bonds is 4. The highest BCUT2D eigenvalue weighted by molar-refractivity contribution is 9.10. The summed E-state index contributed by atoms with van der Waals surface area (Å²) in [5.41, 5.74) is 0.0754. The lowest BCUT2D eigenvalue weighted by Crippen LogP contribution is -2.54. The number of hydrogen-bond donors (Lipinski definition) is 0. The number of Topliss-reactive ketones (excluding diaryl/α,β-unsaturated/α-hetero) is 1. The van der Waals surface area contributed by atoms with Crippen molar-refractivity contribution in [2.75, 3.05) is 0 Å². The molecule has 1 aliphatic rings. The Balaban J connectivity index is 2.35. The predicted octanol–water partition coefficient (Wildman–Crippen LogP) is 3.80. The maximum Gasteiger partial charge on any atom is 0.312 e. The van der Waals surface area contributed by atoms with Gasteiger partial charge < -0.3 is 4.74 Å². The van der Waals surface area contributed by atoms with Crippen LogP contribution in [-0.2, 0) is 4.79 Å². The summed E-state index contributed by atoms with van der Waals surface area (Å²) >= 11 is 3.24. The van der Waals surface area contributed by atoms with E-state index in [1.54, 1.807) is 13.0 Å². The summed E-state index contributed by atoms with van der Waals surface area (Å²) in [5, 5.41) is 11.1. The standard InChI is InChI=1S/C14H16BrNO4/c1-4-14(3)11(17)7-12(14)20-13-8(2)5-9(15)6-10(13)16(18)19/h5-6,12H,4,7H2,1-3H3. The fourth-order valence-electron chi connectivity index (χ4n) is 2.42. The molecule has 0 spiro atoms. The molecule has 0 aliphatic heterocycles. The van der Waals surface area contributed by atoms with Crippen molar-refractivity contribution < 1.29 is 14.5 Å². The van der Waals surface area contributed by atoms with E-state index in [9.17, 15) is 14.9 Å². The van der Waals surface area contributed by atoms with Crippen molar-refractivity contribution >= 4 is 27.4 Å². The molecule has 6 heteroatoms. The molecule has 0 aromatic heterocycles. The van der Waals surface area contributed by atoms with Crippen LogP contribution in [0.25, 0.3) is 0 Å². The van der Waals surface area contributed by atoms with E-state index in [4.69, 9.17) is 4.74 Å². The average molecular weight is 342 g/mol. The molecule has 1 aliphatic carbocycles. The Bertz CT molecular complexity index is 587. The molecule has 5 nitrogen and oxygen atoms in total. The van der Waals surface area contributed by atoms with E-state index in [0.717, 1.165) is 0 Å². The molecule has 108 valence electrons. The summed E-state index contributed by atoms with van der Waals surface area (Å²) in [6.07, 6.45) is 0.690. The normalized spacial score (nSPS) is 25.2. The lowest BCUT2D eigenvalue weighted by molar-refractivity contribution is -0.386. The Morgan fingerprint density at radius 1 is 1.55 bits per heavy atom. The summed E-state index contributed by atoms with van der Waals surface area (Å²) in [6.45, 7) is 5.54. The van der Waals surface area contributed by atoms with Gasteiger partial charge in [-0.15, -0.1) is 0 Å². The summed E-state index contributed by atoms with van der Waals surface area (Å²) in [4.78, 5) is 22.4. The molecule has 2 unspecified atom stereocenters. The number of aryl methyl sites for hydroxylation is 1. The van der Waals surface area contributed by atoms with E-state index in [1.807, 2.05) is 13.8 Å². The van der Waals surface area contributed by atoms with Crippen LogP contribution in [0.3, 0.4) is 0 Å². The lowest BCUT2D eigenvalue weighted by atomic mass is 9.64. The summed E-state index contributed by atoms with van der Waals surface area (Å²) in [7, 11) is 0. The fraction of sp³-hybridized carbons (Fsp3) is 0.500. The van der Waals surface area contributed by atoms with Crippen LogP contribution in [0.4, 0.5) is 5.69 Å². The molecule has 1 fully saturated rings. The number of hydrogen-bond acceptors (Lipinski definition) is 4. The van der Waals surface area contributed by atoms with Crippen LogP contribution in [0.1, 0.15) is 32.3 Å². The molecule has 2 rings (SSSR count). The molecule has 2 atom stereocenters. The smallest absolute Gasteiger partial charge is 0.312 e. The molecule has 20 heavy (non-hydrogen) atoms. The summed E-state index contributed by atoms with van der Waals surface area (Å²) in [6, 6.07) is 3.19. The Morgan fingerprint density at radius 2 is 2.20 bits per heavy atom. The van der Waals surface area contributed by atoms with E-state index < -0.39 is 10.3 Å². The Morgan fingerprint density at radius 3 is 2.70 bits per heavy atom. The minimum Gasteiger partial charge on any atom is -0.482 e. The van der Waals surface area contributed by atoms with Crippen molar-refractivity contribution in [3.05, 3.63) is 32.3 Å². The first kappa shape index (κ1) is 15.0. The zero-order valence-electron chi connectivity index (χ0n) is 11.6. The number of halogens is 1. The molecule has 0 heterocycles. The Labute approximate surface area is 125 Å². The zero-order valence-corrected chi connectivity index (χ0v) is 13.2. The number of ether oxygens (including phenoxy) is 1. The second-order valence-corrected chi connectivity index (χ2v) is 6.25. The number of nitrogens with zero attached hydrogens (tertiary/aromatic N) is 1. The molecule has 0 N–H and O–H groups in total. The topological polar surface area (TPSA) is 69.4 Å². The van der Waals surface area contributed by atoms with Crippen LogP contribution in [0.15, 0.2) is 16.6 Å². The van der Waals surface area contributed by atoms with Gasteiger partial charge in [0.15, 0.2) is 5.75 Å².